The van der Waals surface area contributed by atoms with Gasteiger partial charge in [-0.3, -0.25) is 14.3 Å². The van der Waals surface area contributed by atoms with Crippen LogP contribution in [0.2, 0.25) is 0 Å². The van der Waals surface area contributed by atoms with E-state index in [4.69, 9.17) is 0 Å². The number of halogens is 1. The molecule has 3 rings (SSSR count). The minimum absolute atomic E-state index is 0.0576. The summed E-state index contributed by atoms with van der Waals surface area (Å²) in [7, 11) is 0. The van der Waals surface area contributed by atoms with E-state index in [0.29, 0.717) is 15.4 Å². The van der Waals surface area contributed by atoms with Crippen molar-refractivity contribution >= 4 is 26.8 Å². The number of pyridine rings is 2. The van der Waals surface area contributed by atoms with Crippen molar-refractivity contribution in [3.05, 3.63) is 69.2 Å². The fraction of sp³-hybridized carbons (Fsp3) is 0.125. The van der Waals surface area contributed by atoms with Gasteiger partial charge in [0.25, 0.3) is 5.56 Å². The zero-order valence-electron chi connectivity index (χ0n) is 11.3. The standard InChI is InChI=1S/C16H13BrN2O2/c1-10(11-5-3-2-4-6-11)19-14-8-18-9-15(20)12(14)7-13(17)16(19)21/h2-10,20H,1H3/t10-/m0/s1. The highest BCUT2D eigenvalue weighted by molar-refractivity contribution is 9.10. The maximum absolute atomic E-state index is 12.5. The topological polar surface area (TPSA) is 55.1 Å². The Kier molecular flexibility index (Phi) is 3.51. The highest BCUT2D eigenvalue weighted by Gasteiger charge is 2.16. The molecule has 0 spiro atoms. The maximum Gasteiger partial charge on any atom is 0.265 e. The van der Waals surface area contributed by atoms with Gasteiger partial charge in [0, 0.05) is 5.39 Å². The van der Waals surface area contributed by atoms with E-state index >= 15 is 0 Å². The average molecular weight is 345 g/mol. The predicted octanol–water partition coefficient (Wildman–Crippen LogP) is 3.47. The van der Waals surface area contributed by atoms with Crippen LogP contribution in [0.1, 0.15) is 18.5 Å². The molecule has 5 heteroatoms. The molecule has 3 aromatic rings. The minimum atomic E-state index is -0.165. The van der Waals surface area contributed by atoms with Crippen molar-refractivity contribution in [1.82, 2.24) is 9.55 Å². The van der Waals surface area contributed by atoms with E-state index in [1.54, 1.807) is 16.8 Å². The summed E-state index contributed by atoms with van der Waals surface area (Å²) >= 11 is 3.28. The molecule has 0 radical (unpaired) electrons. The lowest BCUT2D eigenvalue weighted by molar-refractivity contribution is 0.478. The van der Waals surface area contributed by atoms with Gasteiger partial charge in [0.05, 0.1) is 28.4 Å². The molecule has 0 aliphatic heterocycles. The molecule has 21 heavy (non-hydrogen) atoms. The highest BCUT2D eigenvalue weighted by Crippen LogP contribution is 2.28. The smallest absolute Gasteiger partial charge is 0.265 e. The molecule has 4 nitrogen and oxygen atoms in total. The van der Waals surface area contributed by atoms with Gasteiger partial charge in [-0.05, 0) is 34.5 Å². The van der Waals surface area contributed by atoms with Gasteiger partial charge in [-0.2, -0.15) is 0 Å². The lowest BCUT2D eigenvalue weighted by Gasteiger charge is -2.19. The Morgan fingerprint density at radius 1 is 1.24 bits per heavy atom. The number of hydrogen-bond donors (Lipinski definition) is 1. The van der Waals surface area contributed by atoms with E-state index in [0.717, 1.165) is 5.56 Å². The van der Waals surface area contributed by atoms with E-state index in [2.05, 4.69) is 20.9 Å². The van der Waals surface area contributed by atoms with Crippen LogP contribution in [-0.2, 0) is 0 Å². The Morgan fingerprint density at radius 2 is 1.95 bits per heavy atom. The zero-order chi connectivity index (χ0) is 15.0. The number of hydrogen-bond acceptors (Lipinski definition) is 3. The summed E-state index contributed by atoms with van der Waals surface area (Å²) in [5.74, 6) is 0.0576. The van der Waals surface area contributed by atoms with Crippen LogP contribution in [-0.4, -0.2) is 14.7 Å². The Labute approximate surface area is 129 Å². The third kappa shape index (κ3) is 2.34. The Balaban J connectivity index is 2.34. The predicted molar refractivity (Wildman–Crippen MR) is 85.6 cm³/mol. The zero-order valence-corrected chi connectivity index (χ0v) is 12.9. The molecule has 0 bridgehead atoms. The molecular formula is C16H13BrN2O2. The molecule has 1 atom stereocenters. The van der Waals surface area contributed by atoms with Crippen molar-refractivity contribution < 1.29 is 5.11 Å². The van der Waals surface area contributed by atoms with Crippen LogP contribution in [0.15, 0.2) is 58.1 Å². The Morgan fingerprint density at radius 3 is 2.67 bits per heavy atom. The van der Waals surface area contributed by atoms with E-state index in [1.165, 1.54) is 6.20 Å². The van der Waals surface area contributed by atoms with Crippen LogP contribution in [0.4, 0.5) is 0 Å². The lowest BCUT2D eigenvalue weighted by Crippen LogP contribution is -2.25. The summed E-state index contributed by atoms with van der Waals surface area (Å²) < 4.78 is 2.06. The summed E-state index contributed by atoms with van der Waals surface area (Å²) in [6, 6.07) is 11.2. The van der Waals surface area contributed by atoms with Gasteiger partial charge in [-0.1, -0.05) is 30.3 Å². The molecule has 1 aromatic carbocycles. The van der Waals surface area contributed by atoms with Gasteiger partial charge in [0.1, 0.15) is 5.75 Å². The number of benzene rings is 1. The number of fused-ring (bicyclic) bond motifs is 1. The quantitative estimate of drug-likeness (QED) is 0.774. The van der Waals surface area contributed by atoms with E-state index in [-0.39, 0.29) is 17.4 Å². The van der Waals surface area contributed by atoms with E-state index in [1.807, 2.05) is 37.3 Å². The van der Waals surface area contributed by atoms with Gasteiger partial charge in [-0.25, -0.2) is 0 Å². The molecule has 0 saturated carbocycles. The molecule has 1 N–H and O–H groups in total. The van der Waals surface area contributed by atoms with Crippen molar-refractivity contribution in [1.29, 1.82) is 0 Å². The molecule has 0 unspecified atom stereocenters. The molecule has 0 amide bonds. The van der Waals surface area contributed by atoms with Crippen molar-refractivity contribution in [3.8, 4) is 5.75 Å². The fourth-order valence-electron chi connectivity index (χ4n) is 2.47. The molecule has 0 saturated heterocycles. The van der Waals surface area contributed by atoms with Gasteiger partial charge in [0.15, 0.2) is 0 Å². The van der Waals surface area contributed by atoms with Crippen molar-refractivity contribution in [2.75, 3.05) is 0 Å². The van der Waals surface area contributed by atoms with E-state index in [9.17, 15) is 9.90 Å². The van der Waals surface area contributed by atoms with Crippen molar-refractivity contribution in [3.63, 3.8) is 0 Å². The Hall–Kier alpha value is -2.14. The Bertz CT molecular complexity index is 859. The highest BCUT2D eigenvalue weighted by atomic mass is 79.9. The molecule has 0 aliphatic carbocycles. The van der Waals surface area contributed by atoms with E-state index < -0.39 is 0 Å². The molecule has 106 valence electrons. The van der Waals surface area contributed by atoms with Crippen LogP contribution in [0.5, 0.6) is 5.75 Å². The SMILES string of the molecule is C[C@@H](c1ccccc1)n1c(=O)c(Br)cc2c(O)cncc21. The van der Waals surface area contributed by atoms with Crippen LogP contribution in [0.3, 0.4) is 0 Å². The molecule has 2 aromatic heterocycles. The van der Waals surface area contributed by atoms with Gasteiger partial charge in [0.2, 0.25) is 0 Å². The molecule has 0 aliphatic rings. The summed E-state index contributed by atoms with van der Waals surface area (Å²) in [6.07, 6.45) is 2.97. The van der Waals surface area contributed by atoms with Gasteiger partial charge < -0.3 is 5.11 Å². The van der Waals surface area contributed by atoms with Crippen molar-refractivity contribution in [2.45, 2.75) is 13.0 Å². The minimum Gasteiger partial charge on any atom is -0.506 e. The first-order chi connectivity index (χ1) is 10.1. The molecule has 0 fully saturated rings. The van der Waals surface area contributed by atoms with Crippen LogP contribution in [0, 0.1) is 0 Å². The summed E-state index contributed by atoms with van der Waals surface area (Å²) in [4.78, 5) is 16.5. The second-order valence-electron chi connectivity index (χ2n) is 4.85. The largest absolute Gasteiger partial charge is 0.506 e. The van der Waals surface area contributed by atoms with Gasteiger partial charge in [-0.15, -0.1) is 0 Å². The molecule has 2 heterocycles. The van der Waals surface area contributed by atoms with Crippen molar-refractivity contribution in [2.24, 2.45) is 0 Å². The summed E-state index contributed by atoms with van der Waals surface area (Å²) in [6.45, 7) is 1.95. The first-order valence-electron chi connectivity index (χ1n) is 6.52. The average Bonchev–Trinajstić information content (AvgIpc) is 2.50. The third-order valence-electron chi connectivity index (χ3n) is 3.57. The third-order valence-corrected chi connectivity index (χ3v) is 4.14. The van der Waals surface area contributed by atoms with Crippen LogP contribution < -0.4 is 5.56 Å². The number of rotatable bonds is 2. The van der Waals surface area contributed by atoms with Crippen LogP contribution >= 0.6 is 15.9 Å². The second-order valence-corrected chi connectivity index (χ2v) is 5.70. The number of aromatic hydroxyl groups is 1. The summed E-state index contributed by atoms with van der Waals surface area (Å²) in [5.41, 5.74) is 1.48. The van der Waals surface area contributed by atoms with Crippen LogP contribution in [0.25, 0.3) is 10.9 Å². The second kappa shape index (κ2) is 5.33. The lowest BCUT2D eigenvalue weighted by atomic mass is 10.1. The summed E-state index contributed by atoms with van der Waals surface area (Å²) in [5, 5.41) is 10.6. The first kappa shape index (κ1) is 13.8. The molecular weight excluding hydrogens is 332 g/mol. The first-order valence-corrected chi connectivity index (χ1v) is 7.31. The monoisotopic (exact) mass is 344 g/mol. The number of aromatic nitrogens is 2. The fourth-order valence-corrected chi connectivity index (χ4v) is 2.89. The van der Waals surface area contributed by atoms with Gasteiger partial charge >= 0.3 is 0 Å². The maximum atomic E-state index is 12.5. The normalized spacial score (nSPS) is 12.5. The number of nitrogens with zero attached hydrogens (tertiary/aromatic N) is 2.